The highest BCUT2D eigenvalue weighted by molar-refractivity contribution is 6.31. The summed E-state index contributed by atoms with van der Waals surface area (Å²) in [6, 6.07) is 4.83. The van der Waals surface area contributed by atoms with Crippen LogP contribution in [-0.2, 0) is 14.4 Å². The molecule has 0 spiro atoms. The number of carbonyl (C=O) groups is 3. The number of benzene rings is 1. The van der Waals surface area contributed by atoms with E-state index in [1.807, 2.05) is 0 Å². The summed E-state index contributed by atoms with van der Waals surface area (Å²) in [7, 11) is 0. The van der Waals surface area contributed by atoms with Crippen LogP contribution in [0.15, 0.2) is 24.3 Å². The van der Waals surface area contributed by atoms with E-state index in [2.05, 4.69) is 5.32 Å². The number of imide groups is 1. The van der Waals surface area contributed by atoms with Crippen molar-refractivity contribution in [3.63, 3.8) is 0 Å². The lowest BCUT2D eigenvalue weighted by Gasteiger charge is -2.28. The van der Waals surface area contributed by atoms with Gasteiger partial charge in [-0.3, -0.25) is 14.9 Å². The monoisotopic (exact) mass is 294 g/mol. The summed E-state index contributed by atoms with van der Waals surface area (Å²) in [5.41, 5.74) is 1.11. The number of rotatable bonds is 3. The normalized spacial score (nSPS) is 15.6. The summed E-state index contributed by atoms with van der Waals surface area (Å²) in [5, 5.41) is 11.3. The minimum Gasteiger partial charge on any atom is -0.478 e. The molecule has 2 rings (SSSR count). The molecule has 1 fully saturated rings. The molecule has 0 radical (unpaired) electrons. The second-order valence-electron chi connectivity index (χ2n) is 4.20. The summed E-state index contributed by atoms with van der Waals surface area (Å²) >= 11 is 5.92. The number of halogens is 1. The number of hydrogen-bond donors (Lipinski definition) is 2. The van der Waals surface area contributed by atoms with Gasteiger partial charge < -0.3 is 10.0 Å². The molecule has 1 aromatic carbocycles. The van der Waals surface area contributed by atoms with Gasteiger partial charge >= 0.3 is 5.97 Å². The van der Waals surface area contributed by atoms with Crippen molar-refractivity contribution in [3.8, 4) is 0 Å². The zero-order valence-corrected chi connectivity index (χ0v) is 11.1. The number of carboxylic acid groups (broad SMARTS) is 1. The topological polar surface area (TPSA) is 86.7 Å². The number of hydrogen-bond acceptors (Lipinski definition) is 4. The van der Waals surface area contributed by atoms with Crippen LogP contribution < -0.4 is 10.2 Å². The van der Waals surface area contributed by atoms with Crippen molar-refractivity contribution in [2.24, 2.45) is 0 Å². The van der Waals surface area contributed by atoms with Crippen LogP contribution in [0.25, 0.3) is 6.08 Å². The van der Waals surface area contributed by atoms with E-state index in [1.165, 1.54) is 6.08 Å². The average Bonchev–Trinajstić information content (AvgIpc) is 2.36. The Morgan fingerprint density at radius 1 is 1.30 bits per heavy atom. The van der Waals surface area contributed by atoms with Crippen molar-refractivity contribution in [3.05, 3.63) is 34.9 Å². The van der Waals surface area contributed by atoms with Gasteiger partial charge in [-0.25, -0.2) is 4.79 Å². The van der Waals surface area contributed by atoms with E-state index < -0.39 is 17.8 Å². The Kier molecular flexibility index (Phi) is 4.05. The van der Waals surface area contributed by atoms with E-state index in [9.17, 15) is 14.4 Å². The van der Waals surface area contributed by atoms with E-state index in [-0.39, 0.29) is 13.1 Å². The summed E-state index contributed by atoms with van der Waals surface area (Å²) in [4.78, 5) is 34.9. The number of anilines is 1. The largest absolute Gasteiger partial charge is 0.478 e. The average molecular weight is 295 g/mol. The number of piperazine rings is 1. The molecule has 1 saturated heterocycles. The molecule has 0 unspecified atom stereocenters. The van der Waals surface area contributed by atoms with Crippen LogP contribution in [0.3, 0.4) is 0 Å². The van der Waals surface area contributed by atoms with Gasteiger partial charge in [-0.15, -0.1) is 0 Å². The van der Waals surface area contributed by atoms with E-state index in [4.69, 9.17) is 16.7 Å². The van der Waals surface area contributed by atoms with Crippen molar-refractivity contribution >= 4 is 41.1 Å². The fraction of sp³-hybridized carbons (Fsp3) is 0.154. The van der Waals surface area contributed by atoms with Crippen molar-refractivity contribution < 1.29 is 19.5 Å². The lowest BCUT2D eigenvalue weighted by atomic mass is 10.1. The van der Waals surface area contributed by atoms with Gasteiger partial charge in [0.15, 0.2) is 0 Å². The maximum atomic E-state index is 11.4. The van der Waals surface area contributed by atoms with Crippen LogP contribution in [-0.4, -0.2) is 36.0 Å². The highest BCUT2D eigenvalue weighted by Gasteiger charge is 2.24. The van der Waals surface area contributed by atoms with Crippen LogP contribution in [0.4, 0.5) is 5.69 Å². The maximum Gasteiger partial charge on any atom is 0.328 e. The maximum absolute atomic E-state index is 11.4. The van der Waals surface area contributed by atoms with Crippen molar-refractivity contribution in [2.45, 2.75) is 0 Å². The van der Waals surface area contributed by atoms with Gasteiger partial charge in [0.2, 0.25) is 11.8 Å². The van der Waals surface area contributed by atoms with Crippen molar-refractivity contribution in [1.29, 1.82) is 0 Å². The highest BCUT2D eigenvalue weighted by atomic mass is 35.5. The van der Waals surface area contributed by atoms with Gasteiger partial charge in [0.05, 0.1) is 13.1 Å². The first-order valence-corrected chi connectivity index (χ1v) is 6.11. The Hall–Kier alpha value is -2.34. The third-order valence-corrected chi connectivity index (χ3v) is 2.92. The van der Waals surface area contributed by atoms with Gasteiger partial charge in [-0.05, 0) is 23.8 Å². The minimum atomic E-state index is -1.08. The highest BCUT2D eigenvalue weighted by Crippen LogP contribution is 2.26. The van der Waals surface area contributed by atoms with Gasteiger partial charge in [0.25, 0.3) is 0 Å². The number of aliphatic carboxylic acids is 1. The van der Waals surface area contributed by atoms with Crippen LogP contribution in [0.1, 0.15) is 5.56 Å². The molecule has 1 heterocycles. The van der Waals surface area contributed by atoms with Crippen LogP contribution in [0.5, 0.6) is 0 Å². The first-order chi connectivity index (χ1) is 9.45. The second-order valence-corrected chi connectivity index (χ2v) is 4.64. The predicted octanol–water partition coefficient (Wildman–Crippen LogP) is 0.901. The Bertz CT molecular complexity index is 596. The van der Waals surface area contributed by atoms with E-state index in [0.29, 0.717) is 16.3 Å². The molecule has 7 heteroatoms. The number of nitrogens with zero attached hydrogens (tertiary/aromatic N) is 1. The Morgan fingerprint density at radius 2 is 1.95 bits per heavy atom. The minimum absolute atomic E-state index is 0.0139. The molecule has 2 N–H and O–H groups in total. The SMILES string of the molecule is O=C(O)/C=C/c1ccc(Cl)cc1N1CC(=O)NC(=O)C1. The van der Waals surface area contributed by atoms with Crippen molar-refractivity contribution in [1.82, 2.24) is 5.32 Å². The first kappa shape index (κ1) is 14.1. The van der Waals surface area contributed by atoms with Gasteiger partial charge in [-0.1, -0.05) is 17.7 Å². The molecule has 1 aliphatic heterocycles. The Balaban J connectivity index is 2.38. The molecule has 2 amide bonds. The van der Waals surface area contributed by atoms with E-state index >= 15 is 0 Å². The van der Waals surface area contributed by atoms with Crippen molar-refractivity contribution in [2.75, 3.05) is 18.0 Å². The van der Waals surface area contributed by atoms with Crippen LogP contribution >= 0.6 is 11.6 Å². The fourth-order valence-corrected chi connectivity index (χ4v) is 2.07. The van der Waals surface area contributed by atoms with Crippen LogP contribution in [0.2, 0.25) is 5.02 Å². The molecule has 104 valence electrons. The smallest absolute Gasteiger partial charge is 0.328 e. The molecule has 0 atom stereocenters. The standard InChI is InChI=1S/C13H11ClN2O4/c14-9-3-1-8(2-4-13(19)20)10(5-9)16-6-11(17)15-12(18)7-16/h1-5H,6-7H2,(H,19,20)(H,15,17,18)/b4-2+. The Morgan fingerprint density at radius 3 is 2.55 bits per heavy atom. The Labute approximate surface area is 119 Å². The molecular formula is C13H11ClN2O4. The van der Waals surface area contributed by atoms with Gasteiger partial charge in [-0.2, -0.15) is 0 Å². The third-order valence-electron chi connectivity index (χ3n) is 2.69. The van der Waals surface area contributed by atoms with Crippen LogP contribution in [0, 0.1) is 0 Å². The molecule has 0 aromatic heterocycles. The molecule has 0 aliphatic carbocycles. The zero-order chi connectivity index (χ0) is 14.7. The van der Waals surface area contributed by atoms with Gasteiger partial charge in [0, 0.05) is 16.8 Å². The van der Waals surface area contributed by atoms with Gasteiger partial charge in [0.1, 0.15) is 0 Å². The molecule has 1 aromatic rings. The third kappa shape index (κ3) is 3.36. The number of carbonyl (C=O) groups excluding carboxylic acids is 2. The summed E-state index contributed by atoms with van der Waals surface area (Å²) in [6.07, 6.45) is 2.38. The molecule has 0 saturated carbocycles. The molecule has 20 heavy (non-hydrogen) atoms. The number of nitrogens with one attached hydrogen (secondary N) is 1. The molecule has 0 bridgehead atoms. The lowest BCUT2D eigenvalue weighted by molar-refractivity contribution is -0.132. The molecule has 1 aliphatic rings. The predicted molar refractivity (Wildman–Crippen MR) is 73.5 cm³/mol. The molecular weight excluding hydrogens is 284 g/mol. The summed E-state index contributed by atoms with van der Waals surface area (Å²) in [5.74, 6) is -1.90. The molecule has 6 nitrogen and oxygen atoms in total. The number of carboxylic acids is 1. The second kappa shape index (κ2) is 5.75. The van der Waals surface area contributed by atoms with E-state index in [1.54, 1.807) is 23.1 Å². The summed E-state index contributed by atoms with van der Waals surface area (Å²) in [6.45, 7) is 0.0278. The zero-order valence-electron chi connectivity index (χ0n) is 10.3. The fourth-order valence-electron chi connectivity index (χ4n) is 1.90. The quantitative estimate of drug-likeness (QED) is 0.639. The first-order valence-electron chi connectivity index (χ1n) is 5.74. The van der Waals surface area contributed by atoms with E-state index in [0.717, 1.165) is 6.08 Å². The number of amides is 2. The summed E-state index contributed by atoms with van der Waals surface area (Å²) < 4.78 is 0. The lowest BCUT2D eigenvalue weighted by Crippen LogP contribution is -2.51.